The van der Waals surface area contributed by atoms with Crippen LogP contribution < -0.4 is 15.2 Å². The second-order valence-corrected chi connectivity index (χ2v) is 6.37. The number of methoxy groups -OCH3 is 1. The third kappa shape index (κ3) is 3.37. The number of nitrogens with two attached hydrogens (primary N) is 1. The highest BCUT2D eigenvalue weighted by Gasteiger charge is 2.21. The molecule has 0 spiro atoms. The fourth-order valence-corrected chi connectivity index (χ4v) is 3.04. The van der Waals surface area contributed by atoms with Crippen LogP contribution in [0.2, 0.25) is 5.15 Å². The molecule has 2 rings (SSSR count). The van der Waals surface area contributed by atoms with E-state index in [1.165, 1.54) is 31.5 Å². The predicted octanol–water partition coefficient (Wildman–Crippen LogP) is 2.44. The van der Waals surface area contributed by atoms with Gasteiger partial charge in [0.05, 0.1) is 19.0 Å². The maximum atomic E-state index is 12.4. The molecule has 0 bridgehead atoms. The maximum Gasteiger partial charge on any atom is 0.265 e. The summed E-state index contributed by atoms with van der Waals surface area (Å²) in [6, 6.07) is 5.93. The van der Waals surface area contributed by atoms with Crippen LogP contribution in [0.15, 0.2) is 35.4 Å². The van der Waals surface area contributed by atoms with Crippen LogP contribution in [0.25, 0.3) is 0 Å². The number of hydrogen-bond donors (Lipinski definition) is 2. The molecule has 1 heterocycles. The van der Waals surface area contributed by atoms with Crippen molar-refractivity contribution in [2.24, 2.45) is 0 Å². The molecule has 1 aromatic heterocycles. The molecule has 0 saturated carbocycles. The number of nitrogens with one attached hydrogen (secondary N) is 1. The molecule has 0 aliphatic heterocycles. The molecule has 8 heteroatoms. The zero-order chi connectivity index (χ0) is 15.6. The van der Waals surface area contributed by atoms with Gasteiger partial charge in [0.25, 0.3) is 10.0 Å². The number of nitrogen functional groups attached to an aromatic ring is 1. The summed E-state index contributed by atoms with van der Waals surface area (Å²) in [5.74, 6) is 0.219. The molecule has 21 heavy (non-hydrogen) atoms. The van der Waals surface area contributed by atoms with Crippen molar-refractivity contribution >= 4 is 33.0 Å². The highest BCUT2D eigenvalue weighted by molar-refractivity contribution is 7.92. The Balaban J connectivity index is 2.44. The topological polar surface area (TPSA) is 94.3 Å². The summed E-state index contributed by atoms with van der Waals surface area (Å²) in [6.07, 6.45) is 1.32. The van der Waals surface area contributed by atoms with Gasteiger partial charge in [0.15, 0.2) is 0 Å². The molecule has 0 aliphatic carbocycles. The lowest BCUT2D eigenvalue weighted by molar-refractivity contribution is 0.402. The fourth-order valence-electron chi connectivity index (χ4n) is 1.69. The average Bonchev–Trinajstić information content (AvgIpc) is 2.43. The minimum atomic E-state index is -3.85. The summed E-state index contributed by atoms with van der Waals surface area (Å²) in [5.41, 5.74) is 7.17. The number of anilines is 2. The monoisotopic (exact) mass is 327 g/mol. The molecular weight excluding hydrogens is 314 g/mol. The van der Waals surface area contributed by atoms with Crippen molar-refractivity contribution < 1.29 is 13.2 Å². The van der Waals surface area contributed by atoms with E-state index in [4.69, 9.17) is 22.1 Å². The number of hydrogen-bond acceptors (Lipinski definition) is 5. The first-order chi connectivity index (χ1) is 9.83. The van der Waals surface area contributed by atoms with E-state index in [-0.39, 0.29) is 15.8 Å². The van der Waals surface area contributed by atoms with Crippen molar-refractivity contribution in [2.45, 2.75) is 11.8 Å². The Morgan fingerprint density at radius 1 is 1.33 bits per heavy atom. The third-order valence-electron chi connectivity index (χ3n) is 2.82. The number of nitrogens with zero attached hydrogens (tertiary/aromatic N) is 1. The van der Waals surface area contributed by atoms with Gasteiger partial charge < -0.3 is 10.5 Å². The largest absolute Gasteiger partial charge is 0.495 e. The van der Waals surface area contributed by atoms with Gasteiger partial charge >= 0.3 is 0 Å². The smallest absolute Gasteiger partial charge is 0.265 e. The van der Waals surface area contributed by atoms with Gasteiger partial charge in [-0.15, -0.1) is 0 Å². The lowest BCUT2D eigenvalue weighted by Crippen LogP contribution is -2.15. The summed E-state index contributed by atoms with van der Waals surface area (Å²) in [6.45, 7) is 1.77. The Morgan fingerprint density at radius 3 is 2.62 bits per heavy atom. The minimum absolute atomic E-state index is 0.0388. The lowest BCUT2D eigenvalue weighted by atomic mass is 10.2. The average molecular weight is 328 g/mol. The van der Waals surface area contributed by atoms with Gasteiger partial charge in [-0.3, -0.25) is 4.72 Å². The van der Waals surface area contributed by atoms with Crippen LogP contribution in [0.1, 0.15) is 5.56 Å². The lowest BCUT2D eigenvalue weighted by Gasteiger charge is -2.13. The Kier molecular flexibility index (Phi) is 4.24. The maximum absolute atomic E-state index is 12.4. The number of sulfonamides is 1. The van der Waals surface area contributed by atoms with Crippen LogP contribution in [0, 0.1) is 6.92 Å². The van der Waals surface area contributed by atoms with Crippen molar-refractivity contribution in [2.75, 3.05) is 17.6 Å². The molecule has 112 valence electrons. The first-order valence-corrected chi connectivity index (χ1v) is 7.78. The van der Waals surface area contributed by atoms with Crippen LogP contribution in [-0.2, 0) is 10.0 Å². The van der Waals surface area contributed by atoms with Gasteiger partial charge in [-0.25, -0.2) is 13.4 Å². The van der Waals surface area contributed by atoms with Crippen LogP contribution in [0.5, 0.6) is 5.75 Å². The van der Waals surface area contributed by atoms with E-state index < -0.39 is 10.0 Å². The Morgan fingerprint density at radius 2 is 2.05 bits per heavy atom. The second kappa shape index (κ2) is 5.79. The van der Waals surface area contributed by atoms with E-state index in [1.54, 1.807) is 13.0 Å². The van der Waals surface area contributed by atoms with Gasteiger partial charge in [-0.2, -0.15) is 0 Å². The zero-order valence-electron chi connectivity index (χ0n) is 11.4. The molecule has 0 atom stereocenters. The van der Waals surface area contributed by atoms with Crippen LogP contribution >= 0.6 is 11.6 Å². The first kappa shape index (κ1) is 15.4. The molecule has 0 unspecified atom stereocenters. The molecular formula is C13H14ClN3O3S. The molecule has 0 saturated heterocycles. The van der Waals surface area contributed by atoms with Gasteiger partial charge in [-0.1, -0.05) is 11.6 Å². The zero-order valence-corrected chi connectivity index (χ0v) is 13.0. The van der Waals surface area contributed by atoms with Crippen molar-refractivity contribution in [1.29, 1.82) is 0 Å². The van der Waals surface area contributed by atoms with Crippen molar-refractivity contribution in [1.82, 2.24) is 4.98 Å². The van der Waals surface area contributed by atoms with Crippen molar-refractivity contribution in [3.8, 4) is 5.75 Å². The highest BCUT2D eigenvalue weighted by atomic mass is 35.5. The Hall–Kier alpha value is -1.99. The molecule has 0 fully saturated rings. The van der Waals surface area contributed by atoms with E-state index in [0.717, 1.165) is 5.56 Å². The molecule has 1 aromatic carbocycles. The molecule has 0 radical (unpaired) electrons. The number of ether oxygens (including phenoxy) is 1. The standard InChI is InChI=1S/C13H14ClN3O3S/c1-8-5-11(20-2)12(6-10(8)15)21(18,19)17-9-3-4-13(14)16-7-9/h3-7,17H,15H2,1-2H3. The first-order valence-electron chi connectivity index (χ1n) is 5.92. The Bertz CT molecular complexity index is 761. The predicted molar refractivity (Wildman–Crippen MR) is 82.2 cm³/mol. The summed E-state index contributed by atoms with van der Waals surface area (Å²) >= 11 is 5.66. The van der Waals surface area contributed by atoms with E-state index in [0.29, 0.717) is 11.4 Å². The Labute approximate surface area is 128 Å². The summed E-state index contributed by atoms with van der Waals surface area (Å²) < 4.78 is 32.4. The van der Waals surface area contributed by atoms with Crippen LogP contribution in [0.4, 0.5) is 11.4 Å². The second-order valence-electron chi connectivity index (χ2n) is 4.33. The number of aromatic nitrogens is 1. The van der Waals surface area contributed by atoms with E-state index >= 15 is 0 Å². The minimum Gasteiger partial charge on any atom is -0.495 e. The number of aryl methyl sites for hydroxylation is 1. The SMILES string of the molecule is COc1cc(C)c(N)cc1S(=O)(=O)Nc1ccc(Cl)nc1. The fraction of sp³-hybridized carbons (Fsp3) is 0.154. The molecule has 0 aliphatic rings. The van der Waals surface area contributed by atoms with Gasteiger partial charge in [-0.05, 0) is 36.8 Å². The number of halogens is 1. The summed E-state index contributed by atoms with van der Waals surface area (Å²) in [4.78, 5) is 3.77. The molecule has 0 amide bonds. The third-order valence-corrected chi connectivity index (χ3v) is 4.45. The highest BCUT2D eigenvalue weighted by Crippen LogP contribution is 2.30. The molecule has 2 aromatic rings. The van der Waals surface area contributed by atoms with Gasteiger partial charge in [0.1, 0.15) is 15.8 Å². The molecule has 3 N–H and O–H groups in total. The van der Waals surface area contributed by atoms with Crippen LogP contribution in [0.3, 0.4) is 0 Å². The number of benzene rings is 1. The van der Waals surface area contributed by atoms with Gasteiger partial charge in [0.2, 0.25) is 0 Å². The van der Waals surface area contributed by atoms with Crippen LogP contribution in [-0.4, -0.2) is 20.5 Å². The van der Waals surface area contributed by atoms with Crippen molar-refractivity contribution in [3.63, 3.8) is 0 Å². The summed E-state index contributed by atoms with van der Waals surface area (Å²) in [5, 5.41) is 0.273. The number of rotatable bonds is 4. The quantitative estimate of drug-likeness (QED) is 0.664. The van der Waals surface area contributed by atoms with Crippen molar-refractivity contribution in [3.05, 3.63) is 41.2 Å². The van der Waals surface area contributed by atoms with E-state index in [1.807, 2.05) is 0 Å². The van der Waals surface area contributed by atoms with E-state index in [9.17, 15) is 8.42 Å². The summed E-state index contributed by atoms with van der Waals surface area (Å²) in [7, 11) is -2.45. The number of pyridine rings is 1. The van der Waals surface area contributed by atoms with E-state index in [2.05, 4.69) is 9.71 Å². The normalized spacial score (nSPS) is 11.2. The molecule has 6 nitrogen and oxygen atoms in total. The van der Waals surface area contributed by atoms with Gasteiger partial charge in [0, 0.05) is 5.69 Å².